The van der Waals surface area contributed by atoms with Gasteiger partial charge in [-0.2, -0.15) is 0 Å². The van der Waals surface area contributed by atoms with E-state index in [1.165, 1.54) is 0 Å². The predicted octanol–water partition coefficient (Wildman–Crippen LogP) is 2.92. The van der Waals surface area contributed by atoms with Crippen molar-refractivity contribution in [2.75, 3.05) is 0 Å². The van der Waals surface area contributed by atoms with Crippen LogP contribution in [-0.2, 0) is 0 Å². The molecule has 1 unspecified atom stereocenters. The third kappa shape index (κ3) is 2.22. The first-order valence-corrected chi connectivity index (χ1v) is 6.10. The lowest BCUT2D eigenvalue weighted by Crippen LogP contribution is -2.03. The largest absolute Gasteiger partial charge is 0.458 e. The molecular weight excluding hydrogens is 240 g/mol. The summed E-state index contributed by atoms with van der Waals surface area (Å²) in [7, 11) is 0. The van der Waals surface area contributed by atoms with Gasteiger partial charge < -0.3 is 9.52 Å². The summed E-state index contributed by atoms with van der Waals surface area (Å²) in [5, 5.41) is 11.2. The minimum Gasteiger partial charge on any atom is -0.458 e. The van der Waals surface area contributed by atoms with Crippen LogP contribution in [-0.4, -0.2) is 15.1 Å². The van der Waals surface area contributed by atoms with Crippen molar-refractivity contribution in [2.45, 2.75) is 20.0 Å². The van der Waals surface area contributed by atoms with Gasteiger partial charge in [0.25, 0.3) is 0 Å². The molecule has 0 aliphatic rings. The summed E-state index contributed by atoms with van der Waals surface area (Å²) in [4.78, 5) is 8.24. The number of hydrogen-bond donors (Lipinski definition) is 1. The topological polar surface area (TPSA) is 59.2 Å². The third-order valence-corrected chi connectivity index (χ3v) is 3.01. The Morgan fingerprint density at radius 3 is 2.53 bits per heavy atom. The van der Waals surface area contributed by atoms with E-state index < -0.39 is 6.10 Å². The normalized spacial score (nSPS) is 12.8. The van der Waals surface area contributed by atoms with Gasteiger partial charge in [0.15, 0.2) is 11.9 Å². The minimum absolute atomic E-state index is 0.348. The van der Waals surface area contributed by atoms with Crippen molar-refractivity contribution in [2.24, 2.45) is 0 Å². The molecule has 3 aromatic rings. The van der Waals surface area contributed by atoms with Gasteiger partial charge in [-0.1, -0.05) is 11.6 Å². The van der Waals surface area contributed by atoms with Crippen LogP contribution >= 0.6 is 0 Å². The molecule has 4 heteroatoms. The first-order chi connectivity index (χ1) is 9.13. The number of hydrogen-bond acceptors (Lipinski definition) is 4. The summed E-state index contributed by atoms with van der Waals surface area (Å²) in [5.74, 6) is 0.811. The SMILES string of the molecule is Cc1cnc(C(O)c2cc3cc(C)ccc3o2)nc1. The number of nitrogens with zero attached hydrogens (tertiary/aromatic N) is 2. The van der Waals surface area contributed by atoms with Gasteiger partial charge >= 0.3 is 0 Å². The summed E-state index contributed by atoms with van der Waals surface area (Å²) in [6.07, 6.45) is 2.42. The summed E-state index contributed by atoms with van der Waals surface area (Å²) in [6, 6.07) is 7.72. The third-order valence-electron chi connectivity index (χ3n) is 3.01. The van der Waals surface area contributed by atoms with Crippen molar-refractivity contribution in [3.63, 3.8) is 0 Å². The molecule has 1 aromatic carbocycles. The smallest absolute Gasteiger partial charge is 0.171 e. The molecule has 96 valence electrons. The van der Waals surface area contributed by atoms with E-state index in [9.17, 15) is 5.11 Å². The summed E-state index contributed by atoms with van der Waals surface area (Å²) < 4.78 is 5.64. The summed E-state index contributed by atoms with van der Waals surface area (Å²) in [6.45, 7) is 3.92. The van der Waals surface area contributed by atoms with E-state index in [-0.39, 0.29) is 0 Å². The van der Waals surface area contributed by atoms with E-state index in [1.807, 2.05) is 38.1 Å². The standard InChI is InChI=1S/C15H14N2O2/c1-9-3-4-12-11(5-9)6-13(19-12)14(18)15-16-7-10(2)8-17-15/h3-8,14,18H,1-2H3. The molecule has 0 fully saturated rings. The molecule has 2 heterocycles. The average Bonchev–Trinajstić information content (AvgIpc) is 2.81. The number of aliphatic hydroxyl groups excluding tert-OH is 1. The van der Waals surface area contributed by atoms with Crippen LogP contribution in [0.3, 0.4) is 0 Å². The summed E-state index contributed by atoms with van der Waals surface area (Å²) in [5.41, 5.74) is 2.86. The van der Waals surface area contributed by atoms with Crippen LogP contribution in [0.2, 0.25) is 0 Å². The molecule has 0 saturated heterocycles. The molecule has 1 atom stereocenters. The first-order valence-electron chi connectivity index (χ1n) is 6.10. The zero-order valence-corrected chi connectivity index (χ0v) is 10.8. The fourth-order valence-electron chi connectivity index (χ4n) is 1.99. The van der Waals surface area contributed by atoms with Crippen LogP contribution in [0, 0.1) is 13.8 Å². The van der Waals surface area contributed by atoms with Crippen molar-refractivity contribution in [1.29, 1.82) is 0 Å². The molecule has 0 amide bonds. The molecule has 0 radical (unpaired) electrons. The first kappa shape index (κ1) is 11.9. The van der Waals surface area contributed by atoms with Gasteiger partial charge in [0, 0.05) is 17.8 Å². The van der Waals surface area contributed by atoms with Crippen LogP contribution in [0.4, 0.5) is 0 Å². The van der Waals surface area contributed by atoms with Crippen molar-refractivity contribution in [3.8, 4) is 0 Å². The Kier molecular flexibility index (Phi) is 2.80. The molecule has 4 nitrogen and oxygen atoms in total. The number of aryl methyl sites for hydroxylation is 2. The van der Waals surface area contributed by atoms with E-state index in [2.05, 4.69) is 9.97 Å². The highest BCUT2D eigenvalue weighted by molar-refractivity contribution is 5.78. The number of benzene rings is 1. The highest BCUT2D eigenvalue weighted by Crippen LogP contribution is 2.27. The van der Waals surface area contributed by atoms with Gasteiger partial charge in [-0.25, -0.2) is 9.97 Å². The quantitative estimate of drug-likeness (QED) is 0.763. The van der Waals surface area contributed by atoms with Gasteiger partial charge in [-0.15, -0.1) is 0 Å². The predicted molar refractivity (Wildman–Crippen MR) is 71.8 cm³/mol. The van der Waals surface area contributed by atoms with Crippen molar-refractivity contribution >= 4 is 11.0 Å². The Balaban J connectivity index is 2.01. The number of aliphatic hydroxyl groups is 1. The molecule has 0 spiro atoms. The van der Waals surface area contributed by atoms with E-state index in [0.29, 0.717) is 11.6 Å². The van der Waals surface area contributed by atoms with E-state index in [4.69, 9.17) is 4.42 Å². The second-order valence-corrected chi connectivity index (χ2v) is 4.71. The van der Waals surface area contributed by atoms with Gasteiger partial charge in [-0.3, -0.25) is 0 Å². The van der Waals surface area contributed by atoms with Gasteiger partial charge in [-0.05, 0) is 37.6 Å². The second-order valence-electron chi connectivity index (χ2n) is 4.71. The minimum atomic E-state index is -0.937. The van der Waals surface area contributed by atoms with Crippen LogP contribution in [0.1, 0.15) is 28.8 Å². The molecule has 0 saturated carbocycles. The Morgan fingerprint density at radius 2 is 1.79 bits per heavy atom. The van der Waals surface area contributed by atoms with E-state index in [1.54, 1.807) is 12.4 Å². The lowest BCUT2D eigenvalue weighted by atomic mass is 10.1. The molecule has 0 bridgehead atoms. The number of rotatable bonds is 2. The average molecular weight is 254 g/mol. The second kappa shape index (κ2) is 4.48. The van der Waals surface area contributed by atoms with Crippen molar-refractivity contribution < 1.29 is 9.52 Å². The number of aromatic nitrogens is 2. The van der Waals surface area contributed by atoms with E-state index in [0.717, 1.165) is 22.1 Å². The zero-order chi connectivity index (χ0) is 13.4. The van der Waals surface area contributed by atoms with Crippen molar-refractivity contribution in [1.82, 2.24) is 9.97 Å². The lowest BCUT2D eigenvalue weighted by Gasteiger charge is -2.05. The maximum atomic E-state index is 10.2. The fourth-order valence-corrected chi connectivity index (χ4v) is 1.99. The molecule has 2 aromatic heterocycles. The van der Waals surface area contributed by atoms with Crippen LogP contribution in [0.5, 0.6) is 0 Å². The molecular formula is C15H14N2O2. The lowest BCUT2D eigenvalue weighted by molar-refractivity contribution is 0.182. The Morgan fingerprint density at radius 1 is 1.05 bits per heavy atom. The maximum absolute atomic E-state index is 10.2. The molecule has 1 N–H and O–H groups in total. The van der Waals surface area contributed by atoms with Gasteiger partial charge in [0.2, 0.25) is 0 Å². The number of fused-ring (bicyclic) bond motifs is 1. The maximum Gasteiger partial charge on any atom is 0.171 e. The van der Waals surface area contributed by atoms with Gasteiger partial charge in [0.1, 0.15) is 11.3 Å². The van der Waals surface area contributed by atoms with Crippen LogP contribution in [0.25, 0.3) is 11.0 Å². The van der Waals surface area contributed by atoms with Crippen molar-refractivity contribution in [3.05, 3.63) is 59.4 Å². The highest BCUT2D eigenvalue weighted by atomic mass is 16.4. The van der Waals surface area contributed by atoms with Crippen LogP contribution < -0.4 is 0 Å². The Hall–Kier alpha value is -2.20. The van der Waals surface area contributed by atoms with Crippen LogP contribution in [0.15, 0.2) is 41.1 Å². The zero-order valence-electron chi connectivity index (χ0n) is 10.8. The number of furan rings is 1. The Bertz CT molecular complexity index is 717. The Labute approximate surface area is 110 Å². The summed E-state index contributed by atoms with van der Waals surface area (Å²) >= 11 is 0. The monoisotopic (exact) mass is 254 g/mol. The molecule has 19 heavy (non-hydrogen) atoms. The molecule has 0 aliphatic carbocycles. The van der Waals surface area contributed by atoms with Gasteiger partial charge in [0.05, 0.1) is 0 Å². The molecule has 3 rings (SSSR count). The fraction of sp³-hybridized carbons (Fsp3) is 0.200. The highest BCUT2D eigenvalue weighted by Gasteiger charge is 2.18. The van der Waals surface area contributed by atoms with E-state index >= 15 is 0 Å². The molecule has 0 aliphatic heterocycles.